The lowest BCUT2D eigenvalue weighted by Gasteiger charge is -2.13. The average Bonchev–Trinajstić information content (AvgIpc) is 2.64. The third-order valence-corrected chi connectivity index (χ3v) is 4.44. The maximum atomic E-state index is 15.0. The van der Waals surface area contributed by atoms with Crippen LogP contribution in [0.25, 0.3) is 0 Å². The van der Waals surface area contributed by atoms with E-state index in [1.165, 1.54) is 30.3 Å². The van der Waals surface area contributed by atoms with Gasteiger partial charge in [0.2, 0.25) is 0 Å². The Balaban J connectivity index is 2.00. The topological polar surface area (TPSA) is 87.9 Å². The van der Waals surface area contributed by atoms with Crippen molar-refractivity contribution in [2.24, 2.45) is 0 Å². The summed E-state index contributed by atoms with van der Waals surface area (Å²) >= 11 is 17.7. The van der Waals surface area contributed by atoms with Crippen LogP contribution < -0.4 is 16.0 Å². The molecule has 1 heterocycles. The Morgan fingerprint density at radius 3 is 2.61 bits per heavy atom. The Bertz CT molecular complexity index is 1230. The minimum absolute atomic E-state index is 0.0217. The molecule has 0 spiro atoms. The molecule has 0 saturated carbocycles. The van der Waals surface area contributed by atoms with Crippen molar-refractivity contribution in [1.29, 1.82) is 5.26 Å². The number of ether oxygens (including phenoxy) is 1. The van der Waals surface area contributed by atoms with E-state index in [1.807, 2.05) is 11.1 Å². The molecule has 0 unspecified atom stereocenters. The van der Waals surface area contributed by atoms with Crippen molar-refractivity contribution in [2.75, 3.05) is 0 Å². The predicted molar refractivity (Wildman–Crippen MR) is 103 cm³/mol. The molecule has 0 atom stereocenters. The number of nitriles is 1. The maximum absolute atomic E-state index is 15.0. The fourth-order valence-corrected chi connectivity index (χ4v) is 2.95. The second kappa shape index (κ2) is 8.07. The van der Waals surface area contributed by atoms with Gasteiger partial charge in [0.25, 0.3) is 5.56 Å². The van der Waals surface area contributed by atoms with Crippen LogP contribution in [-0.2, 0) is 6.54 Å². The third kappa shape index (κ3) is 4.20. The van der Waals surface area contributed by atoms with Gasteiger partial charge in [-0.15, -0.1) is 0 Å². The summed E-state index contributed by atoms with van der Waals surface area (Å²) in [7, 11) is 0. The highest BCUT2D eigenvalue weighted by Crippen LogP contribution is 2.35. The number of nitrogens with zero attached hydrogens (tertiary/aromatic N) is 2. The number of rotatable bonds is 4. The van der Waals surface area contributed by atoms with Crippen molar-refractivity contribution < 1.29 is 9.13 Å². The highest BCUT2D eigenvalue weighted by molar-refractivity contribution is 6.32. The van der Waals surface area contributed by atoms with Crippen molar-refractivity contribution in [3.8, 4) is 17.6 Å². The standard InChI is InChI=1S/C18H9Cl3FN3O3/c19-11-3-9(6-23)4-12(5-11)28-16-13(20)2-1-10(15(16)22)7-25-8-14(21)17(26)24-18(25)27/h1-5,8H,7H2,(H,24,26,27). The van der Waals surface area contributed by atoms with Crippen molar-refractivity contribution >= 4 is 34.8 Å². The molecule has 2 aromatic carbocycles. The van der Waals surface area contributed by atoms with E-state index in [9.17, 15) is 14.0 Å². The minimum atomic E-state index is -0.819. The van der Waals surface area contributed by atoms with Crippen LogP contribution in [0.1, 0.15) is 11.1 Å². The Labute approximate surface area is 172 Å². The largest absolute Gasteiger partial charge is 0.453 e. The lowest BCUT2D eigenvalue weighted by molar-refractivity contribution is 0.437. The molecule has 0 aliphatic rings. The first-order valence-corrected chi connectivity index (χ1v) is 8.76. The normalized spacial score (nSPS) is 10.5. The van der Waals surface area contributed by atoms with E-state index in [2.05, 4.69) is 0 Å². The lowest BCUT2D eigenvalue weighted by Crippen LogP contribution is -2.30. The van der Waals surface area contributed by atoms with Crippen LogP contribution in [0, 0.1) is 17.1 Å². The number of hydrogen-bond acceptors (Lipinski definition) is 4. The zero-order valence-electron chi connectivity index (χ0n) is 13.8. The minimum Gasteiger partial charge on any atom is -0.453 e. The zero-order chi connectivity index (χ0) is 20.4. The predicted octanol–water partition coefficient (Wildman–Crippen LogP) is 4.35. The molecule has 0 fully saturated rings. The monoisotopic (exact) mass is 439 g/mol. The maximum Gasteiger partial charge on any atom is 0.328 e. The fraction of sp³-hybridized carbons (Fsp3) is 0.0556. The Morgan fingerprint density at radius 1 is 1.14 bits per heavy atom. The van der Waals surface area contributed by atoms with Gasteiger partial charge < -0.3 is 4.74 Å². The van der Waals surface area contributed by atoms with Gasteiger partial charge in [0, 0.05) is 16.8 Å². The van der Waals surface area contributed by atoms with Gasteiger partial charge in [0.1, 0.15) is 10.8 Å². The van der Waals surface area contributed by atoms with Gasteiger partial charge in [0.05, 0.1) is 23.2 Å². The molecule has 0 aliphatic heterocycles. The SMILES string of the molecule is N#Cc1cc(Cl)cc(Oc2c(Cl)ccc(Cn3cc(Cl)c(=O)[nH]c3=O)c2F)c1. The summed E-state index contributed by atoms with van der Waals surface area (Å²) < 4.78 is 21.5. The number of benzene rings is 2. The van der Waals surface area contributed by atoms with Crippen molar-refractivity contribution in [3.63, 3.8) is 0 Å². The molecule has 0 bridgehead atoms. The highest BCUT2D eigenvalue weighted by atomic mass is 35.5. The summed E-state index contributed by atoms with van der Waals surface area (Å²) in [5, 5.41) is 9.00. The first-order chi connectivity index (χ1) is 13.3. The zero-order valence-corrected chi connectivity index (χ0v) is 16.1. The smallest absolute Gasteiger partial charge is 0.328 e. The molecule has 3 aromatic rings. The quantitative estimate of drug-likeness (QED) is 0.653. The molecule has 1 N–H and O–H groups in total. The summed E-state index contributed by atoms with van der Waals surface area (Å²) in [5.41, 5.74) is -1.20. The Kier molecular flexibility index (Phi) is 5.75. The Hall–Kier alpha value is -2.79. The Morgan fingerprint density at radius 2 is 1.89 bits per heavy atom. The first-order valence-electron chi connectivity index (χ1n) is 7.63. The molecule has 1 aromatic heterocycles. The molecule has 142 valence electrons. The van der Waals surface area contributed by atoms with Crippen molar-refractivity contribution in [2.45, 2.75) is 6.54 Å². The second-order valence-corrected chi connectivity index (χ2v) is 6.85. The average molecular weight is 441 g/mol. The van der Waals surface area contributed by atoms with Gasteiger partial charge in [0.15, 0.2) is 11.6 Å². The van der Waals surface area contributed by atoms with Gasteiger partial charge in [-0.05, 0) is 24.3 Å². The van der Waals surface area contributed by atoms with Crippen LogP contribution >= 0.6 is 34.8 Å². The number of halogens is 4. The van der Waals surface area contributed by atoms with Gasteiger partial charge >= 0.3 is 5.69 Å². The van der Waals surface area contributed by atoms with Gasteiger partial charge in [-0.25, -0.2) is 9.18 Å². The second-order valence-electron chi connectivity index (χ2n) is 5.60. The van der Waals surface area contributed by atoms with E-state index >= 15 is 0 Å². The molecule has 6 nitrogen and oxygen atoms in total. The number of aromatic amines is 1. The molecular formula is C18H9Cl3FN3O3. The van der Waals surface area contributed by atoms with Crippen LogP contribution in [0.2, 0.25) is 15.1 Å². The van der Waals surface area contributed by atoms with Crippen LogP contribution in [0.15, 0.2) is 46.1 Å². The molecule has 0 radical (unpaired) electrons. The summed E-state index contributed by atoms with van der Waals surface area (Å²) in [6.07, 6.45) is 1.10. The number of nitrogens with one attached hydrogen (secondary N) is 1. The molecule has 0 saturated heterocycles. The van der Waals surface area contributed by atoms with Crippen molar-refractivity contribution in [3.05, 3.63) is 89.4 Å². The van der Waals surface area contributed by atoms with E-state index in [-0.39, 0.29) is 44.2 Å². The summed E-state index contributed by atoms with van der Waals surface area (Å²) in [6, 6.07) is 8.88. The van der Waals surface area contributed by atoms with E-state index in [1.54, 1.807) is 0 Å². The molecule has 0 aliphatic carbocycles. The van der Waals surface area contributed by atoms with Crippen LogP contribution in [-0.4, -0.2) is 9.55 Å². The molecule has 10 heteroatoms. The van der Waals surface area contributed by atoms with Gasteiger partial charge in [-0.3, -0.25) is 14.3 Å². The lowest BCUT2D eigenvalue weighted by atomic mass is 10.2. The van der Waals surface area contributed by atoms with Crippen molar-refractivity contribution in [1.82, 2.24) is 9.55 Å². The number of H-pyrrole nitrogens is 1. The molecular weight excluding hydrogens is 432 g/mol. The van der Waals surface area contributed by atoms with E-state index in [4.69, 9.17) is 44.8 Å². The van der Waals surface area contributed by atoms with Crippen LogP contribution in [0.5, 0.6) is 11.5 Å². The van der Waals surface area contributed by atoms with E-state index < -0.39 is 17.1 Å². The van der Waals surface area contributed by atoms with E-state index in [0.29, 0.717) is 0 Å². The molecule has 3 rings (SSSR count). The summed E-state index contributed by atoms with van der Waals surface area (Å²) in [6.45, 7) is -0.228. The van der Waals surface area contributed by atoms with Gasteiger partial charge in [-0.2, -0.15) is 5.26 Å². The van der Waals surface area contributed by atoms with Crippen LogP contribution in [0.3, 0.4) is 0 Å². The number of hydrogen-bond donors (Lipinski definition) is 1. The van der Waals surface area contributed by atoms with Crippen LogP contribution in [0.4, 0.5) is 4.39 Å². The van der Waals surface area contributed by atoms with Gasteiger partial charge in [-0.1, -0.05) is 40.9 Å². The fourth-order valence-electron chi connectivity index (χ4n) is 2.38. The molecule has 28 heavy (non-hydrogen) atoms. The summed E-state index contributed by atoms with van der Waals surface area (Å²) in [5.74, 6) is -1.000. The molecule has 0 amide bonds. The number of aromatic nitrogens is 2. The highest BCUT2D eigenvalue weighted by Gasteiger charge is 2.17. The van der Waals surface area contributed by atoms with E-state index in [0.717, 1.165) is 10.8 Å². The summed E-state index contributed by atoms with van der Waals surface area (Å²) in [4.78, 5) is 25.3. The third-order valence-electron chi connectivity index (χ3n) is 3.66. The first kappa shape index (κ1) is 20.0.